The molecule has 17 heavy (non-hydrogen) atoms. The molecule has 0 aromatic carbocycles. The summed E-state index contributed by atoms with van der Waals surface area (Å²) in [6, 6.07) is 4.02. The Kier molecular flexibility index (Phi) is 5.25. The summed E-state index contributed by atoms with van der Waals surface area (Å²) in [6.45, 7) is 5.59. The molecule has 2 heterocycles. The second-order valence-corrected chi connectivity index (χ2v) is 5.83. The molecule has 3 nitrogen and oxygen atoms in total. The third-order valence-corrected chi connectivity index (χ3v) is 4.00. The minimum absolute atomic E-state index is 1.06. The minimum atomic E-state index is 1.06. The van der Waals surface area contributed by atoms with Crippen molar-refractivity contribution < 1.29 is 0 Å². The smallest absolute Gasteiger partial charge is 0.142 e. The van der Waals surface area contributed by atoms with Crippen LogP contribution in [0.25, 0.3) is 0 Å². The second-order valence-electron chi connectivity index (χ2n) is 4.18. The Morgan fingerprint density at radius 1 is 1.24 bits per heavy atom. The van der Waals surface area contributed by atoms with E-state index < -0.39 is 0 Å². The van der Waals surface area contributed by atoms with Gasteiger partial charge < -0.3 is 9.80 Å². The number of hydrogen-bond acceptors (Lipinski definition) is 3. The third-order valence-electron chi connectivity index (χ3n) is 3.03. The highest BCUT2D eigenvalue weighted by Gasteiger charge is 2.16. The number of aromatic nitrogens is 1. The average Bonchev–Trinajstić information content (AvgIpc) is 2.56. The normalized spacial score (nSPS) is 18.1. The summed E-state index contributed by atoms with van der Waals surface area (Å²) in [6.07, 6.45) is 3.07. The van der Waals surface area contributed by atoms with E-state index in [4.69, 9.17) is 0 Å². The van der Waals surface area contributed by atoms with Crippen molar-refractivity contribution >= 4 is 37.7 Å². The van der Waals surface area contributed by atoms with Gasteiger partial charge in [0.25, 0.3) is 0 Å². The van der Waals surface area contributed by atoms with Gasteiger partial charge in [-0.15, -0.1) is 0 Å². The van der Waals surface area contributed by atoms with E-state index in [2.05, 4.69) is 52.7 Å². The fourth-order valence-electron chi connectivity index (χ4n) is 2.14. The van der Waals surface area contributed by atoms with E-state index in [9.17, 15) is 0 Å². The summed E-state index contributed by atoms with van der Waals surface area (Å²) in [5, 5.41) is 1.06. The first-order chi connectivity index (χ1) is 8.31. The van der Waals surface area contributed by atoms with Crippen LogP contribution in [-0.2, 0) is 0 Å². The van der Waals surface area contributed by atoms with Crippen LogP contribution >= 0.6 is 31.9 Å². The van der Waals surface area contributed by atoms with Crippen molar-refractivity contribution in [1.29, 1.82) is 0 Å². The number of halogens is 2. The Morgan fingerprint density at radius 2 is 2.12 bits per heavy atom. The third kappa shape index (κ3) is 3.66. The molecular weight excluding hydrogens is 346 g/mol. The predicted octanol–water partition coefficient (Wildman–Crippen LogP) is 2.75. The molecule has 5 heteroatoms. The molecule has 1 aromatic rings. The largest absolute Gasteiger partial charge is 0.354 e. The first kappa shape index (κ1) is 13.3. The summed E-state index contributed by atoms with van der Waals surface area (Å²) in [4.78, 5) is 9.34. The Morgan fingerprint density at radius 3 is 2.88 bits per heavy atom. The van der Waals surface area contributed by atoms with E-state index in [1.165, 1.54) is 13.0 Å². The first-order valence-electron chi connectivity index (χ1n) is 5.95. The Balaban J connectivity index is 2.01. The summed E-state index contributed by atoms with van der Waals surface area (Å²) < 4.78 is 1.09. The van der Waals surface area contributed by atoms with Gasteiger partial charge in [0.05, 0.1) is 4.47 Å². The molecule has 0 saturated carbocycles. The number of pyridine rings is 1. The summed E-state index contributed by atoms with van der Waals surface area (Å²) in [7, 11) is 0. The SMILES string of the molecule is BrCCN1CCCN(c2ncccc2Br)CC1. The molecule has 94 valence electrons. The van der Waals surface area contributed by atoms with Crippen LogP contribution in [0.4, 0.5) is 5.82 Å². The van der Waals surface area contributed by atoms with Gasteiger partial charge in [-0.1, -0.05) is 15.9 Å². The molecule has 0 radical (unpaired) electrons. The van der Waals surface area contributed by atoms with Gasteiger partial charge in [0.15, 0.2) is 0 Å². The molecule has 1 aromatic heterocycles. The molecule has 0 unspecified atom stereocenters. The van der Waals surface area contributed by atoms with Crippen LogP contribution in [-0.4, -0.2) is 47.9 Å². The molecule has 0 N–H and O–H groups in total. The van der Waals surface area contributed by atoms with Crippen LogP contribution in [0, 0.1) is 0 Å². The molecule has 1 fully saturated rings. The van der Waals surface area contributed by atoms with Gasteiger partial charge in [0, 0.05) is 37.7 Å². The Hall–Kier alpha value is -0.130. The van der Waals surface area contributed by atoms with Crippen molar-refractivity contribution in [3.63, 3.8) is 0 Å². The van der Waals surface area contributed by atoms with Crippen LogP contribution in [0.3, 0.4) is 0 Å². The van der Waals surface area contributed by atoms with E-state index >= 15 is 0 Å². The summed E-state index contributed by atoms with van der Waals surface area (Å²) in [5.74, 6) is 1.08. The van der Waals surface area contributed by atoms with Crippen molar-refractivity contribution in [2.75, 3.05) is 43.0 Å². The summed E-state index contributed by atoms with van der Waals surface area (Å²) >= 11 is 7.08. The average molecular weight is 363 g/mol. The lowest BCUT2D eigenvalue weighted by molar-refractivity contribution is 0.313. The van der Waals surface area contributed by atoms with Gasteiger partial charge in [0.1, 0.15) is 5.82 Å². The van der Waals surface area contributed by atoms with Crippen LogP contribution in [0.2, 0.25) is 0 Å². The quantitative estimate of drug-likeness (QED) is 0.770. The van der Waals surface area contributed by atoms with Crippen LogP contribution < -0.4 is 4.90 Å². The lowest BCUT2D eigenvalue weighted by Gasteiger charge is -2.23. The van der Waals surface area contributed by atoms with E-state index in [0.29, 0.717) is 0 Å². The number of rotatable bonds is 3. The fraction of sp³-hybridized carbons (Fsp3) is 0.583. The Labute approximate surface area is 119 Å². The van der Waals surface area contributed by atoms with Crippen molar-refractivity contribution in [3.05, 3.63) is 22.8 Å². The molecule has 1 aliphatic heterocycles. The van der Waals surface area contributed by atoms with Crippen LogP contribution in [0.15, 0.2) is 22.8 Å². The van der Waals surface area contributed by atoms with E-state index in [-0.39, 0.29) is 0 Å². The van der Waals surface area contributed by atoms with Crippen LogP contribution in [0.1, 0.15) is 6.42 Å². The van der Waals surface area contributed by atoms with Crippen molar-refractivity contribution in [1.82, 2.24) is 9.88 Å². The van der Waals surface area contributed by atoms with Crippen LogP contribution in [0.5, 0.6) is 0 Å². The zero-order valence-corrected chi connectivity index (χ0v) is 13.0. The highest BCUT2D eigenvalue weighted by molar-refractivity contribution is 9.10. The number of alkyl halides is 1. The lowest BCUT2D eigenvalue weighted by atomic mass is 10.3. The molecule has 0 amide bonds. The minimum Gasteiger partial charge on any atom is -0.354 e. The van der Waals surface area contributed by atoms with Gasteiger partial charge in [-0.3, -0.25) is 0 Å². The van der Waals surface area contributed by atoms with Crippen molar-refractivity contribution in [2.24, 2.45) is 0 Å². The topological polar surface area (TPSA) is 19.4 Å². The van der Waals surface area contributed by atoms with Gasteiger partial charge >= 0.3 is 0 Å². The molecule has 0 spiro atoms. The number of hydrogen-bond donors (Lipinski definition) is 0. The Bertz CT molecular complexity index is 359. The summed E-state index contributed by atoms with van der Waals surface area (Å²) in [5.41, 5.74) is 0. The second kappa shape index (κ2) is 6.71. The molecule has 0 aliphatic carbocycles. The van der Waals surface area contributed by atoms with E-state index in [0.717, 1.165) is 41.8 Å². The van der Waals surface area contributed by atoms with E-state index in [1.807, 2.05) is 12.3 Å². The van der Waals surface area contributed by atoms with Crippen molar-refractivity contribution in [2.45, 2.75) is 6.42 Å². The van der Waals surface area contributed by atoms with Gasteiger partial charge in [-0.05, 0) is 41.0 Å². The molecule has 0 bridgehead atoms. The van der Waals surface area contributed by atoms with Crippen molar-refractivity contribution in [3.8, 4) is 0 Å². The maximum Gasteiger partial charge on any atom is 0.142 e. The standard InChI is InChI=1S/C12H17Br2N3/c13-4-8-16-6-2-7-17(10-9-16)12-11(14)3-1-5-15-12/h1,3,5H,2,4,6-10H2. The van der Waals surface area contributed by atoms with Gasteiger partial charge in [-0.2, -0.15) is 0 Å². The number of nitrogens with zero attached hydrogens (tertiary/aromatic N) is 3. The zero-order valence-electron chi connectivity index (χ0n) is 9.78. The molecule has 1 saturated heterocycles. The number of anilines is 1. The highest BCUT2D eigenvalue weighted by Crippen LogP contribution is 2.23. The molecule has 2 rings (SSSR count). The lowest BCUT2D eigenvalue weighted by Crippen LogP contribution is -2.32. The zero-order chi connectivity index (χ0) is 12.1. The fourth-order valence-corrected chi connectivity index (χ4v) is 3.14. The van der Waals surface area contributed by atoms with Gasteiger partial charge in [-0.25, -0.2) is 4.98 Å². The molecular formula is C12H17Br2N3. The highest BCUT2D eigenvalue weighted by atomic mass is 79.9. The monoisotopic (exact) mass is 361 g/mol. The van der Waals surface area contributed by atoms with E-state index in [1.54, 1.807) is 0 Å². The predicted molar refractivity (Wildman–Crippen MR) is 79.0 cm³/mol. The van der Waals surface area contributed by atoms with Gasteiger partial charge in [0.2, 0.25) is 0 Å². The molecule has 0 atom stereocenters. The first-order valence-corrected chi connectivity index (χ1v) is 7.86. The maximum atomic E-state index is 4.47. The maximum absolute atomic E-state index is 4.47. The molecule has 1 aliphatic rings.